The summed E-state index contributed by atoms with van der Waals surface area (Å²) in [5, 5.41) is 9.46. The average molecular weight is 241 g/mol. The van der Waals surface area contributed by atoms with Crippen molar-refractivity contribution in [3.8, 4) is 0 Å². The van der Waals surface area contributed by atoms with Crippen LogP contribution in [-0.4, -0.2) is 31.2 Å². The molecule has 100 valence electrons. The van der Waals surface area contributed by atoms with Crippen LogP contribution < -0.4 is 16.0 Å². The van der Waals surface area contributed by atoms with E-state index in [0.29, 0.717) is 12.1 Å². The topological polar surface area (TPSA) is 53.2 Å². The van der Waals surface area contributed by atoms with Crippen molar-refractivity contribution in [3.05, 3.63) is 0 Å². The maximum absolute atomic E-state index is 11.5. The van der Waals surface area contributed by atoms with Crippen LogP contribution in [0.3, 0.4) is 0 Å². The van der Waals surface area contributed by atoms with Crippen LogP contribution in [0.2, 0.25) is 0 Å². The summed E-state index contributed by atoms with van der Waals surface area (Å²) >= 11 is 0. The molecule has 1 rings (SSSR count). The Balaban J connectivity index is 2.12. The van der Waals surface area contributed by atoms with Crippen LogP contribution in [0.25, 0.3) is 0 Å². The highest BCUT2D eigenvalue weighted by atomic mass is 16.2. The molecule has 0 aliphatic heterocycles. The zero-order chi connectivity index (χ0) is 12.5. The van der Waals surface area contributed by atoms with Gasteiger partial charge >= 0.3 is 6.03 Å². The van der Waals surface area contributed by atoms with Crippen LogP contribution in [-0.2, 0) is 0 Å². The van der Waals surface area contributed by atoms with Gasteiger partial charge in [0.2, 0.25) is 0 Å². The van der Waals surface area contributed by atoms with Gasteiger partial charge in [-0.2, -0.15) is 0 Å². The SMILES string of the molecule is CCCNC(=O)NC1CCC(NCCC)CC1. The molecule has 0 saturated heterocycles. The van der Waals surface area contributed by atoms with E-state index in [0.717, 1.165) is 32.4 Å². The van der Waals surface area contributed by atoms with Crippen molar-refractivity contribution in [3.63, 3.8) is 0 Å². The average Bonchev–Trinajstić information content (AvgIpc) is 2.35. The highest BCUT2D eigenvalue weighted by Crippen LogP contribution is 2.18. The fraction of sp³-hybridized carbons (Fsp3) is 0.923. The first-order valence-corrected chi connectivity index (χ1v) is 7.04. The minimum absolute atomic E-state index is 0.00295. The summed E-state index contributed by atoms with van der Waals surface area (Å²) in [5.74, 6) is 0. The molecule has 1 saturated carbocycles. The molecule has 0 aromatic carbocycles. The summed E-state index contributed by atoms with van der Waals surface area (Å²) in [7, 11) is 0. The van der Waals surface area contributed by atoms with Gasteiger partial charge in [-0.3, -0.25) is 0 Å². The Morgan fingerprint density at radius 3 is 2.18 bits per heavy atom. The number of amides is 2. The lowest BCUT2D eigenvalue weighted by Gasteiger charge is -2.29. The summed E-state index contributed by atoms with van der Waals surface area (Å²) in [6.07, 6.45) is 6.73. The van der Waals surface area contributed by atoms with Crippen LogP contribution >= 0.6 is 0 Å². The van der Waals surface area contributed by atoms with E-state index in [1.807, 2.05) is 0 Å². The number of carbonyl (C=O) groups is 1. The third-order valence-corrected chi connectivity index (χ3v) is 3.28. The predicted molar refractivity (Wildman–Crippen MR) is 71.2 cm³/mol. The highest BCUT2D eigenvalue weighted by molar-refractivity contribution is 5.74. The molecule has 0 atom stereocenters. The van der Waals surface area contributed by atoms with Gasteiger partial charge in [-0.1, -0.05) is 13.8 Å². The van der Waals surface area contributed by atoms with Gasteiger partial charge in [0.1, 0.15) is 0 Å². The van der Waals surface area contributed by atoms with Crippen LogP contribution in [0.1, 0.15) is 52.4 Å². The van der Waals surface area contributed by atoms with Gasteiger partial charge in [0.15, 0.2) is 0 Å². The van der Waals surface area contributed by atoms with Crippen molar-refractivity contribution in [2.75, 3.05) is 13.1 Å². The van der Waals surface area contributed by atoms with E-state index < -0.39 is 0 Å². The Bertz CT molecular complexity index is 213. The third kappa shape index (κ3) is 5.91. The molecular formula is C13H27N3O. The lowest BCUT2D eigenvalue weighted by molar-refractivity contribution is 0.229. The molecule has 0 radical (unpaired) electrons. The van der Waals surface area contributed by atoms with Crippen LogP contribution in [0.15, 0.2) is 0 Å². The Labute approximate surface area is 105 Å². The first-order chi connectivity index (χ1) is 8.26. The maximum atomic E-state index is 11.5. The monoisotopic (exact) mass is 241 g/mol. The van der Waals surface area contributed by atoms with E-state index >= 15 is 0 Å². The molecule has 4 heteroatoms. The molecule has 0 spiro atoms. The van der Waals surface area contributed by atoms with Crippen molar-refractivity contribution < 1.29 is 4.79 Å². The number of urea groups is 1. The Kier molecular flexibility index (Phi) is 7.01. The second-order valence-corrected chi connectivity index (χ2v) is 4.90. The van der Waals surface area contributed by atoms with Crippen molar-refractivity contribution in [2.45, 2.75) is 64.5 Å². The largest absolute Gasteiger partial charge is 0.338 e. The Hall–Kier alpha value is -0.770. The van der Waals surface area contributed by atoms with Crippen LogP contribution in [0, 0.1) is 0 Å². The van der Waals surface area contributed by atoms with Crippen LogP contribution in [0.5, 0.6) is 0 Å². The number of hydrogen-bond acceptors (Lipinski definition) is 2. The molecule has 0 aromatic rings. The lowest BCUT2D eigenvalue weighted by Crippen LogP contribution is -2.46. The fourth-order valence-electron chi connectivity index (χ4n) is 2.27. The lowest BCUT2D eigenvalue weighted by atomic mass is 9.91. The smallest absolute Gasteiger partial charge is 0.315 e. The van der Waals surface area contributed by atoms with E-state index in [1.54, 1.807) is 0 Å². The molecule has 1 fully saturated rings. The van der Waals surface area contributed by atoms with Gasteiger partial charge in [-0.15, -0.1) is 0 Å². The zero-order valence-corrected chi connectivity index (χ0v) is 11.2. The van der Waals surface area contributed by atoms with E-state index in [2.05, 4.69) is 29.8 Å². The molecule has 17 heavy (non-hydrogen) atoms. The van der Waals surface area contributed by atoms with Crippen molar-refractivity contribution >= 4 is 6.03 Å². The zero-order valence-electron chi connectivity index (χ0n) is 11.2. The Morgan fingerprint density at radius 2 is 1.59 bits per heavy atom. The molecule has 1 aliphatic carbocycles. The van der Waals surface area contributed by atoms with Crippen LogP contribution in [0.4, 0.5) is 4.79 Å². The molecule has 0 aromatic heterocycles. The normalized spacial score (nSPS) is 24.4. The van der Waals surface area contributed by atoms with Gasteiger partial charge < -0.3 is 16.0 Å². The molecular weight excluding hydrogens is 214 g/mol. The van der Waals surface area contributed by atoms with Gasteiger partial charge in [0.25, 0.3) is 0 Å². The molecule has 0 bridgehead atoms. The quantitative estimate of drug-likeness (QED) is 0.666. The van der Waals surface area contributed by atoms with E-state index in [-0.39, 0.29) is 6.03 Å². The number of carbonyl (C=O) groups excluding carboxylic acids is 1. The van der Waals surface area contributed by atoms with Crippen molar-refractivity contribution in [2.24, 2.45) is 0 Å². The minimum Gasteiger partial charge on any atom is -0.338 e. The van der Waals surface area contributed by atoms with Gasteiger partial charge in [-0.05, 0) is 45.1 Å². The summed E-state index contributed by atoms with van der Waals surface area (Å²) in [4.78, 5) is 11.5. The summed E-state index contributed by atoms with van der Waals surface area (Å²) in [6, 6.07) is 1.02. The molecule has 4 nitrogen and oxygen atoms in total. The van der Waals surface area contributed by atoms with E-state index in [4.69, 9.17) is 0 Å². The standard InChI is InChI=1S/C13H27N3O/c1-3-9-14-11-5-7-12(8-6-11)16-13(17)15-10-4-2/h11-12,14H,3-10H2,1-2H3,(H2,15,16,17). The highest BCUT2D eigenvalue weighted by Gasteiger charge is 2.21. The number of rotatable bonds is 6. The predicted octanol–water partition coefficient (Wildman–Crippen LogP) is 2.01. The first-order valence-electron chi connectivity index (χ1n) is 7.04. The summed E-state index contributed by atoms with van der Waals surface area (Å²) in [5.41, 5.74) is 0. The van der Waals surface area contributed by atoms with Gasteiger partial charge in [0.05, 0.1) is 0 Å². The van der Waals surface area contributed by atoms with Crippen molar-refractivity contribution in [1.82, 2.24) is 16.0 Å². The molecule has 0 unspecified atom stereocenters. The number of hydrogen-bond donors (Lipinski definition) is 3. The number of nitrogens with one attached hydrogen (secondary N) is 3. The summed E-state index contributed by atoms with van der Waals surface area (Å²) in [6.45, 7) is 6.13. The minimum atomic E-state index is -0.00295. The maximum Gasteiger partial charge on any atom is 0.315 e. The molecule has 2 amide bonds. The van der Waals surface area contributed by atoms with E-state index in [1.165, 1.54) is 19.3 Å². The first kappa shape index (κ1) is 14.3. The second kappa shape index (κ2) is 8.34. The third-order valence-electron chi connectivity index (χ3n) is 3.28. The van der Waals surface area contributed by atoms with Gasteiger partial charge in [-0.25, -0.2) is 4.79 Å². The van der Waals surface area contributed by atoms with Gasteiger partial charge in [0, 0.05) is 18.6 Å². The Morgan fingerprint density at radius 1 is 1.00 bits per heavy atom. The molecule has 0 heterocycles. The van der Waals surface area contributed by atoms with Crippen molar-refractivity contribution in [1.29, 1.82) is 0 Å². The molecule has 1 aliphatic rings. The fourth-order valence-corrected chi connectivity index (χ4v) is 2.27. The molecule has 3 N–H and O–H groups in total. The second-order valence-electron chi connectivity index (χ2n) is 4.90. The van der Waals surface area contributed by atoms with E-state index in [9.17, 15) is 4.79 Å². The summed E-state index contributed by atoms with van der Waals surface area (Å²) < 4.78 is 0.